The largest absolute Gasteiger partial charge is 0.492 e. The summed E-state index contributed by atoms with van der Waals surface area (Å²) in [5, 5.41) is 0. The SMILES string of the molecule is CCCCCCCCCCCCOc1ccc(-c2ccc(OC(=O)c3ccc(CCCCCCCCC)cc3)cc2)nc1. The third kappa shape index (κ3) is 14.3. The van der Waals surface area contributed by atoms with Gasteiger partial charge in [0.2, 0.25) is 0 Å². The van der Waals surface area contributed by atoms with Gasteiger partial charge in [0.25, 0.3) is 0 Å². The molecule has 43 heavy (non-hydrogen) atoms. The maximum atomic E-state index is 12.7. The minimum absolute atomic E-state index is 0.336. The van der Waals surface area contributed by atoms with Crippen LogP contribution in [0.5, 0.6) is 11.5 Å². The van der Waals surface area contributed by atoms with E-state index in [-0.39, 0.29) is 5.97 Å². The van der Waals surface area contributed by atoms with Crippen LogP contribution >= 0.6 is 0 Å². The number of hydrogen-bond donors (Lipinski definition) is 0. The lowest BCUT2D eigenvalue weighted by atomic mass is 10.0. The Morgan fingerprint density at radius 3 is 1.67 bits per heavy atom. The van der Waals surface area contributed by atoms with Crippen LogP contribution in [0.3, 0.4) is 0 Å². The minimum atomic E-state index is -0.336. The molecule has 0 unspecified atom stereocenters. The topological polar surface area (TPSA) is 48.4 Å². The fraction of sp³-hybridized carbons (Fsp3) is 0.538. The Morgan fingerprint density at radius 1 is 0.581 bits per heavy atom. The van der Waals surface area contributed by atoms with Crippen molar-refractivity contribution in [1.29, 1.82) is 0 Å². The Bertz CT molecular complexity index is 1120. The van der Waals surface area contributed by atoms with Gasteiger partial charge in [-0.25, -0.2) is 4.79 Å². The summed E-state index contributed by atoms with van der Waals surface area (Å²) in [6.45, 7) is 5.26. The molecule has 0 bridgehead atoms. The highest BCUT2D eigenvalue weighted by Gasteiger charge is 2.09. The van der Waals surface area contributed by atoms with Crippen LogP contribution in [0, 0.1) is 0 Å². The van der Waals surface area contributed by atoms with Gasteiger partial charge in [0.15, 0.2) is 0 Å². The number of rotatable bonds is 23. The molecule has 2 aromatic carbocycles. The van der Waals surface area contributed by atoms with Crippen molar-refractivity contribution in [2.75, 3.05) is 6.61 Å². The standard InChI is InChI=1S/C39H55NO3/c1-3-5-7-9-11-12-13-15-17-19-31-42-37-29-30-38(40-32-37)34-25-27-36(28-26-34)43-39(41)35-23-21-33(22-24-35)20-18-16-14-10-8-6-4-2/h21-30,32H,3-20,31H2,1-2H3. The van der Waals surface area contributed by atoms with Crippen LogP contribution < -0.4 is 9.47 Å². The number of unbranched alkanes of at least 4 members (excludes halogenated alkanes) is 15. The van der Waals surface area contributed by atoms with E-state index in [1.807, 2.05) is 60.7 Å². The number of nitrogens with zero attached hydrogens (tertiary/aromatic N) is 1. The Kier molecular flexibility index (Phi) is 17.2. The summed E-state index contributed by atoms with van der Waals surface area (Å²) < 4.78 is 11.5. The van der Waals surface area contributed by atoms with Crippen LogP contribution in [-0.2, 0) is 6.42 Å². The van der Waals surface area contributed by atoms with Gasteiger partial charge >= 0.3 is 5.97 Å². The smallest absolute Gasteiger partial charge is 0.343 e. The molecule has 0 aliphatic heterocycles. The molecule has 3 rings (SSSR count). The summed E-state index contributed by atoms with van der Waals surface area (Å²) in [5.41, 5.74) is 3.68. The average Bonchev–Trinajstić information content (AvgIpc) is 3.04. The van der Waals surface area contributed by atoms with Gasteiger partial charge in [0, 0.05) is 5.56 Å². The second-order valence-corrected chi connectivity index (χ2v) is 11.9. The summed E-state index contributed by atoms with van der Waals surface area (Å²) in [4.78, 5) is 17.2. The fourth-order valence-electron chi connectivity index (χ4n) is 5.37. The van der Waals surface area contributed by atoms with E-state index in [0.717, 1.165) is 36.5 Å². The molecule has 4 heteroatoms. The predicted octanol–water partition coefficient (Wildman–Crippen LogP) is 11.6. The molecule has 0 atom stereocenters. The van der Waals surface area contributed by atoms with E-state index in [9.17, 15) is 4.79 Å². The second kappa shape index (κ2) is 21.5. The summed E-state index contributed by atoms with van der Waals surface area (Å²) >= 11 is 0. The van der Waals surface area contributed by atoms with Gasteiger partial charge in [0.05, 0.1) is 24.1 Å². The van der Waals surface area contributed by atoms with E-state index in [1.165, 1.54) is 108 Å². The van der Waals surface area contributed by atoms with Crippen molar-refractivity contribution in [1.82, 2.24) is 4.98 Å². The normalized spacial score (nSPS) is 11.0. The van der Waals surface area contributed by atoms with Gasteiger partial charge in [-0.3, -0.25) is 4.98 Å². The first-order valence-corrected chi connectivity index (χ1v) is 17.2. The first-order chi connectivity index (χ1) is 21.2. The third-order valence-electron chi connectivity index (χ3n) is 8.12. The number of benzene rings is 2. The molecule has 0 N–H and O–H groups in total. The van der Waals surface area contributed by atoms with E-state index in [0.29, 0.717) is 11.3 Å². The molecule has 0 aliphatic rings. The van der Waals surface area contributed by atoms with Gasteiger partial charge in [-0.05, 0) is 73.4 Å². The van der Waals surface area contributed by atoms with Gasteiger partial charge < -0.3 is 9.47 Å². The molecular weight excluding hydrogens is 530 g/mol. The molecule has 0 fully saturated rings. The molecule has 1 aromatic heterocycles. The monoisotopic (exact) mass is 585 g/mol. The van der Waals surface area contributed by atoms with E-state index in [2.05, 4.69) is 18.8 Å². The zero-order valence-electron chi connectivity index (χ0n) is 27.0. The van der Waals surface area contributed by atoms with Gasteiger partial charge in [-0.1, -0.05) is 122 Å². The predicted molar refractivity (Wildman–Crippen MR) is 180 cm³/mol. The minimum Gasteiger partial charge on any atom is -0.492 e. The maximum absolute atomic E-state index is 12.7. The number of aromatic nitrogens is 1. The second-order valence-electron chi connectivity index (χ2n) is 11.9. The summed E-state index contributed by atoms with van der Waals surface area (Å²) in [7, 11) is 0. The molecule has 4 nitrogen and oxygen atoms in total. The zero-order valence-corrected chi connectivity index (χ0v) is 27.0. The van der Waals surface area contributed by atoms with Crippen LogP contribution in [-0.4, -0.2) is 17.6 Å². The van der Waals surface area contributed by atoms with E-state index >= 15 is 0 Å². The van der Waals surface area contributed by atoms with Crippen molar-refractivity contribution < 1.29 is 14.3 Å². The van der Waals surface area contributed by atoms with E-state index in [1.54, 1.807) is 6.20 Å². The van der Waals surface area contributed by atoms with Crippen LogP contribution in [0.15, 0.2) is 66.9 Å². The number of hydrogen-bond acceptors (Lipinski definition) is 4. The quantitative estimate of drug-likeness (QED) is 0.0631. The lowest BCUT2D eigenvalue weighted by Gasteiger charge is -2.08. The third-order valence-corrected chi connectivity index (χ3v) is 8.12. The molecule has 0 saturated carbocycles. The summed E-state index contributed by atoms with van der Waals surface area (Å²) in [6.07, 6.45) is 25.2. The van der Waals surface area contributed by atoms with Crippen molar-refractivity contribution in [3.05, 3.63) is 78.0 Å². The average molecular weight is 586 g/mol. The highest BCUT2D eigenvalue weighted by molar-refractivity contribution is 5.91. The van der Waals surface area contributed by atoms with Crippen molar-refractivity contribution in [2.24, 2.45) is 0 Å². The first-order valence-electron chi connectivity index (χ1n) is 17.2. The van der Waals surface area contributed by atoms with Gasteiger partial charge in [0.1, 0.15) is 11.5 Å². The Morgan fingerprint density at radius 2 is 1.12 bits per heavy atom. The van der Waals surface area contributed by atoms with Crippen molar-refractivity contribution in [3.63, 3.8) is 0 Å². The molecule has 0 amide bonds. The van der Waals surface area contributed by atoms with E-state index < -0.39 is 0 Å². The molecule has 0 spiro atoms. The van der Waals surface area contributed by atoms with Crippen molar-refractivity contribution in [2.45, 2.75) is 129 Å². The molecule has 0 saturated heterocycles. The highest BCUT2D eigenvalue weighted by atomic mass is 16.5. The Balaban J connectivity index is 1.32. The van der Waals surface area contributed by atoms with Crippen LogP contribution in [0.1, 0.15) is 139 Å². The molecule has 3 aromatic rings. The summed E-state index contributed by atoms with van der Waals surface area (Å²) in [6, 6.07) is 19.3. The maximum Gasteiger partial charge on any atom is 0.343 e. The molecule has 1 heterocycles. The number of carbonyl (C=O) groups excluding carboxylic acids is 1. The fourth-order valence-corrected chi connectivity index (χ4v) is 5.37. The van der Waals surface area contributed by atoms with Crippen molar-refractivity contribution >= 4 is 5.97 Å². The van der Waals surface area contributed by atoms with Crippen LogP contribution in [0.25, 0.3) is 11.3 Å². The van der Waals surface area contributed by atoms with Crippen molar-refractivity contribution in [3.8, 4) is 22.8 Å². The molecule has 0 radical (unpaired) electrons. The molecular formula is C39H55NO3. The van der Waals surface area contributed by atoms with Crippen LogP contribution in [0.4, 0.5) is 0 Å². The first kappa shape index (κ1) is 34.4. The van der Waals surface area contributed by atoms with Crippen LogP contribution in [0.2, 0.25) is 0 Å². The molecule has 234 valence electrons. The number of ether oxygens (including phenoxy) is 2. The summed E-state index contributed by atoms with van der Waals surface area (Å²) in [5.74, 6) is 0.994. The van der Waals surface area contributed by atoms with Gasteiger partial charge in [-0.2, -0.15) is 0 Å². The lowest BCUT2D eigenvalue weighted by molar-refractivity contribution is 0.0734. The number of carbonyl (C=O) groups is 1. The Labute approximate surface area is 261 Å². The zero-order chi connectivity index (χ0) is 30.4. The lowest BCUT2D eigenvalue weighted by Crippen LogP contribution is -2.08. The highest BCUT2D eigenvalue weighted by Crippen LogP contribution is 2.23. The molecule has 0 aliphatic carbocycles. The number of pyridine rings is 1. The van der Waals surface area contributed by atoms with E-state index in [4.69, 9.17) is 9.47 Å². The number of esters is 1. The Hall–Kier alpha value is -3.14. The van der Waals surface area contributed by atoms with Gasteiger partial charge in [-0.15, -0.1) is 0 Å². The number of aryl methyl sites for hydroxylation is 1.